The van der Waals surface area contributed by atoms with Crippen molar-refractivity contribution in [3.05, 3.63) is 36.2 Å². The molecule has 1 aromatic heterocycles. The topological polar surface area (TPSA) is 100 Å². The first kappa shape index (κ1) is 20.2. The minimum Gasteiger partial charge on any atom is -0.497 e. The molecule has 26 heavy (non-hydrogen) atoms. The Balaban J connectivity index is 2.19. The Morgan fingerprint density at radius 1 is 1.12 bits per heavy atom. The van der Waals surface area contributed by atoms with Crippen LogP contribution < -0.4 is 14.2 Å². The molecule has 1 aromatic carbocycles. The van der Waals surface area contributed by atoms with Crippen molar-refractivity contribution < 1.29 is 28.2 Å². The van der Waals surface area contributed by atoms with E-state index in [1.54, 1.807) is 24.3 Å². The van der Waals surface area contributed by atoms with Gasteiger partial charge < -0.3 is 23.6 Å². The number of nitrogens with zero attached hydrogens (tertiary/aromatic N) is 2. The van der Waals surface area contributed by atoms with Gasteiger partial charge in [-0.1, -0.05) is 6.92 Å². The van der Waals surface area contributed by atoms with Crippen molar-refractivity contribution in [2.24, 2.45) is 0 Å². The molecule has 0 saturated heterocycles. The second-order valence-electron chi connectivity index (χ2n) is 6.08. The van der Waals surface area contributed by atoms with Crippen LogP contribution in [0.1, 0.15) is 32.8 Å². The van der Waals surface area contributed by atoms with Crippen LogP contribution in [-0.2, 0) is 15.7 Å². The first-order chi connectivity index (χ1) is 12.3. The Kier molecular flexibility index (Phi) is 6.97. The highest BCUT2D eigenvalue weighted by molar-refractivity contribution is 7.32. The Morgan fingerprint density at radius 3 is 2.46 bits per heavy atom. The molecule has 0 fully saturated rings. The maximum Gasteiger partial charge on any atom is 0.316 e. The van der Waals surface area contributed by atoms with E-state index in [-0.39, 0.29) is 12.2 Å². The second kappa shape index (κ2) is 8.98. The van der Waals surface area contributed by atoms with Crippen LogP contribution in [-0.4, -0.2) is 27.6 Å². The quantitative estimate of drug-likeness (QED) is 0.655. The van der Waals surface area contributed by atoms with Gasteiger partial charge in [-0.3, -0.25) is 4.57 Å². The first-order valence-corrected chi connectivity index (χ1v) is 9.30. The van der Waals surface area contributed by atoms with Crippen molar-refractivity contribution in [1.82, 2.24) is 9.97 Å². The molecule has 2 rings (SSSR count). The maximum absolute atomic E-state index is 10.7. The number of methoxy groups -OCH3 is 1. The van der Waals surface area contributed by atoms with Gasteiger partial charge in [-0.25, -0.2) is 9.97 Å². The van der Waals surface area contributed by atoms with Gasteiger partial charge in [0.15, 0.2) is 0 Å². The maximum atomic E-state index is 10.7. The fourth-order valence-corrected chi connectivity index (χ4v) is 2.24. The number of aromatic nitrogens is 2. The van der Waals surface area contributed by atoms with Crippen molar-refractivity contribution in [3.8, 4) is 23.3 Å². The molecule has 1 unspecified atom stereocenters. The van der Waals surface area contributed by atoms with Crippen LogP contribution in [0.3, 0.4) is 0 Å². The molecule has 0 bridgehead atoms. The molecule has 1 N–H and O–H groups in total. The number of hydrogen-bond acceptors (Lipinski definition) is 7. The van der Waals surface area contributed by atoms with E-state index in [9.17, 15) is 4.57 Å². The van der Waals surface area contributed by atoms with Crippen molar-refractivity contribution in [1.29, 1.82) is 0 Å². The van der Waals surface area contributed by atoms with Gasteiger partial charge in [-0.05, 0) is 38.0 Å². The Bertz CT molecular complexity index is 769. The molecule has 0 saturated carbocycles. The SMILES string of the molecule is CCC(C)(C)Oc1cc(Oc2cc(CO[PH](=O)O)cc(OC)c2)ncn1. The summed E-state index contributed by atoms with van der Waals surface area (Å²) in [4.78, 5) is 17.0. The molecule has 0 amide bonds. The monoisotopic (exact) mass is 382 g/mol. The van der Waals surface area contributed by atoms with Gasteiger partial charge in [-0.2, -0.15) is 0 Å². The van der Waals surface area contributed by atoms with Gasteiger partial charge in [0.05, 0.1) is 19.8 Å². The highest BCUT2D eigenvalue weighted by atomic mass is 31.1. The minimum absolute atomic E-state index is 0.0370. The van der Waals surface area contributed by atoms with Crippen LogP contribution in [0.4, 0.5) is 0 Å². The summed E-state index contributed by atoms with van der Waals surface area (Å²) in [5.41, 5.74) is 0.276. The summed E-state index contributed by atoms with van der Waals surface area (Å²) in [5, 5.41) is 0. The normalized spacial score (nSPS) is 12.5. The lowest BCUT2D eigenvalue weighted by atomic mass is 10.1. The standard InChI is InChI=1S/C17H23N2O6P/c1-5-17(2,3)25-16-9-15(18-11-19-16)24-14-7-12(10-23-26(20)21)6-13(8-14)22-4/h6-9,11,26H,5,10H2,1-4H3,(H,20,21). The van der Waals surface area contributed by atoms with Crippen LogP contribution in [0.25, 0.3) is 0 Å². The fourth-order valence-electron chi connectivity index (χ4n) is 1.95. The van der Waals surface area contributed by atoms with E-state index in [0.29, 0.717) is 28.8 Å². The van der Waals surface area contributed by atoms with E-state index in [1.807, 2.05) is 20.8 Å². The molecule has 1 atom stereocenters. The summed E-state index contributed by atoms with van der Waals surface area (Å²) in [6.07, 6.45) is 2.18. The Morgan fingerprint density at radius 2 is 1.81 bits per heavy atom. The molecule has 0 radical (unpaired) electrons. The smallest absolute Gasteiger partial charge is 0.316 e. The zero-order chi connectivity index (χ0) is 19.2. The summed E-state index contributed by atoms with van der Waals surface area (Å²) in [6.45, 7) is 5.93. The average molecular weight is 382 g/mol. The van der Waals surface area contributed by atoms with E-state index < -0.39 is 8.25 Å². The van der Waals surface area contributed by atoms with Gasteiger partial charge in [0, 0.05) is 6.07 Å². The van der Waals surface area contributed by atoms with E-state index >= 15 is 0 Å². The third-order valence-corrected chi connectivity index (χ3v) is 4.00. The average Bonchev–Trinajstić information content (AvgIpc) is 2.59. The zero-order valence-electron chi connectivity index (χ0n) is 15.2. The minimum atomic E-state index is -3.02. The number of rotatable bonds is 9. The van der Waals surface area contributed by atoms with Crippen LogP contribution in [0.2, 0.25) is 0 Å². The Hall–Kier alpha value is -2.15. The number of benzene rings is 1. The van der Waals surface area contributed by atoms with Crippen molar-refractivity contribution >= 4 is 8.25 Å². The molecule has 0 aliphatic heterocycles. The van der Waals surface area contributed by atoms with Gasteiger partial charge in [0.2, 0.25) is 11.8 Å². The summed E-state index contributed by atoms with van der Waals surface area (Å²) in [5.74, 6) is 1.68. The third kappa shape index (κ3) is 6.29. The highest BCUT2D eigenvalue weighted by Gasteiger charge is 2.18. The molecular formula is C17H23N2O6P. The lowest BCUT2D eigenvalue weighted by Crippen LogP contribution is -2.27. The lowest BCUT2D eigenvalue weighted by Gasteiger charge is -2.23. The highest BCUT2D eigenvalue weighted by Crippen LogP contribution is 2.30. The molecule has 0 spiro atoms. The van der Waals surface area contributed by atoms with Crippen LogP contribution in [0.15, 0.2) is 30.6 Å². The summed E-state index contributed by atoms with van der Waals surface area (Å²) >= 11 is 0. The second-order valence-corrected chi connectivity index (χ2v) is 6.90. The first-order valence-electron chi connectivity index (χ1n) is 8.04. The predicted molar refractivity (Wildman–Crippen MR) is 96.1 cm³/mol. The van der Waals surface area contributed by atoms with Crippen LogP contribution in [0.5, 0.6) is 23.3 Å². The van der Waals surface area contributed by atoms with Crippen molar-refractivity contribution in [2.75, 3.05) is 7.11 Å². The zero-order valence-corrected chi connectivity index (χ0v) is 16.2. The largest absolute Gasteiger partial charge is 0.497 e. The fraction of sp³-hybridized carbons (Fsp3) is 0.412. The van der Waals surface area contributed by atoms with Gasteiger partial charge >= 0.3 is 8.25 Å². The molecule has 1 heterocycles. The van der Waals surface area contributed by atoms with Crippen LogP contribution in [0, 0.1) is 0 Å². The van der Waals surface area contributed by atoms with E-state index in [4.69, 9.17) is 23.6 Å². The van der Waals surface area contributed by atoms with Gasteiger partial charge in [0.1, 0.15) is 23.4 Å². The molecule has 2 aromatic rings. The predicted octanol–water partition coefficient (Wildman–Crippen LogP) is 3.74. The molecular weight excluding hydrogens is 359 g/mol. The van der Waals surface area contributed by atoms with Crippen molar-refractivity contribution in [2.45, 2.75) is 39.4 Å². The molecule has 8 nitrogen and oxygen atoms in total. The van der Waals surface area contributed by atoms with Crippen molar-refractivity contribution in [3.63, 3.8) is 0 Å². The molecule has 9 heteroatoms. The third-order valence-electron chi connectivity index (χ3n) is 3.61. The van der Waals surface area contributed by atoms with Gasteiger partial charge in [-0.15, -0.1) is 0 Å². The molecule has 142 valence electrons. The number of hydrogen-bond donors (Lipinski definition) is 1. The molecule has 0 aliphatic rings. The van der Waals surface area contributed by atoms with E-state index in [2.05, 4.69) is 9.97 Å². The lowest BCUT2D eigenvalue weighted by molar-refractivity contribution is 0.0984. The number of ether oxygens (including phenoxy) is 3. The van der Waals surface area contributed by atoms with E-state index in [0.717, 1.165) is 6.42 Å². The summed E-state index contributed by atoms with van der Waals surface area (Å²) < 4.78 is 32.3. The summed E-state index contributed by atoms with van der Waals surface area (Å²) in [7, 11) is -1.50. The molecule has 0 aliphatic carbocycles. The van der Waals surface area contributed by atoms with Crippen LogP contribution >= 0.6 is 8.25 Å². The summed E-state index contributed by atoms with van der Waals surface area (Å²) in [6, 6.07) is 6.63. The van der Waals surface area contributed by atoms with Gasteiger partial charge in [0.25, 0.3) is 0 Å². The Labute approximate surface area is 153 Å². The van der Waals surface area contributed by atoms with E-state index in [1.165, 1.54) is 13.4 Å².